The molecule has 1 unspecified atom stereocenters. The summed E-state index contributed by atoms with van der Waals surface area (Å²) in [6.07, 6.45) is 1.96. The number of hydrogen-bond donors (Lipinski definition) is 2. The van der Waals surface area contributed by atoms with E-state index >= 15 is 0 Å². The fraction of sp³-hybridized carbons (Fsp3) is 0.857. The average molecular weight is 221 g/mol. The van der Waals surface area contributed by atoms with E-state index in [9.17, 15) is 13.2 Å². The van der Waals surface area contributed by atoms with Crippen LogP contribution in [0.1, 0.15) is 19.8 Å². The summed E-state index contributed by atoms with van der Waals surface area (Å²) in [5, 5.41) is 4.76. The lowest BCUT2D eigenvalue weighted by Crippen LogP contribution is -2.47. The molecule has 7 heteroatoms. The van der Waals surface area contributed by atoms with Crippen LogP contribution in [0, 0.1) is 0 Å². The molecule has 1 aliphatic rings. The Kier molecular flexibility index (Phi) is 3.46. The number of hydrogen-bond acceptors (Lipinski definition) is 3. The van der Waals surface area contributed by atoms with Gasteiger partial charge in [0.25, 0.3) is 10.2 Å². The molecule has 1 saturated heterocycles. The minimum absolute atomic E-state index is 0.212. The van der Waals surface area contributed by atoms with Crippen molar-refractivity contribution in [3.8, 4) is 0 Å². The molecule has 0 aromatic carbocycles. The molecule has 1 amide bonds. The molecular weight excluding hydrogens is 206 g/mol. The summed E-state index contributed by atoms with van der Waals surface area (Å²) < 4.78 is 23.4. The third-order valence-electron chi connectivity index (χ3n) is 2.13. The van der Waals surface area contributed by atoms with E-state index in [4.69, 9.17) is 5.14 Å². The monoisotopic (exact) mass is 221 g/mol. The quantitative estimate of drug-likeness (QED) is 0.626. The molecule has 1 heterocycles. The topological polar surface area (TPSA) is 92.5 Å². The molecule has 0 aliphatic carbocycles. The van der Waals surface area contributed by atoms with Crippen LogP contribution in [-0.2, 0) is 15.0 Å². The van der Waals surface area contributed by atoms with Crippen LogP contribution in [0.15, 0.2) is 0 Å². The van der Waals surface area contributed by atoms with E-state index in [-0.39, 0.29) is 5.91 Å². The van der Waals surface area contributed by atoms with Crippen molar-refractivity contribution in [1.29, 1.82) is 0 Å². The highest BCUT2D eigenvalue weighted by molar-refractivity contribution is 7.87. The molecule has 0 spiro atoms. The molecule has 0 aromatic rings. The van der Waals surface area contributed by atoms with Gasteiger partial charge in [-0.15, -0.1) is 0 Å². The lowest BCUT2D eigenvalue weighted by atomic mass is 10.3. The van der Waals surface area contributed by atoms with E-state index in [1.807, 2.05) is 0 Å². The summed E-state index contributed by atoms with van der Waals surface area (Å²) in [6.45, 7) is 2.90. The minimum atomic E-state index is -3.80. The van der Waals surface area contributed by atoms with E-state index in [1.54, 1.807) is 4.90 Å². The number of rotatable bonds is 3. The van der Waals surface area contributed by atoms with Gasteiger partial charge in [0.2, 0.25) is 5.91 Å². The summed E-state index contributed by atoms with van der Waals surface area (Å²) in [5.41, 5.74) is 0. The number of carbonyl (C=O) groups is 1. The Balaban J connectivity index is 2.51. The highest BCUT2D eigenvalue weighted by Crippen LogP contribution is 2.08. The Bertz CT molecular complexity index is 308. The van der Waals surface area contributed by atoms with Crippen molar-refractivity contribution in [2.24, 2.45) is 5.14 Å². The average Bonchev–Trinajstić information content (AvgIpc) is 2.51. The first-order chi connectivity index (χ1) is 6.40. The fourth-order valence-electron chi connectivity index (χ4n) is 1.51. The summed E-state index contributed by atoms with van der Waals surface area (Å²) in [5.74, 6) is -0.212. The molecule has 1 fully saturated rings. The molecule has 82 valence electrons. The van der Waals surface area contributed by atoms with Gasteiger partial charge in [0.05, 0.1) is 6.04 Å². The normalized spacial score (nSPS) is 19.7. The molecule has 0 radical (unpaired) electrons. The molecule has 6 nitrogen and oxygen atoms in total. The summed E-state index contributed by atoms with van der Waals surface area (Å²) in [7, 11) is -3.80. The number of nitrogens with two attached hydrogens (primary N) is 1. The molecule has 1 rings (SSSR count). The van der Waals surface area contributed by atoms with Gasteiger partial charge in [-0.3, -0.25) is 4.79 Å². The number of nitrogens with one attached hydrogen (secondary N) is 1. The predicted octanol–water partition coefficient (Wildman–Crippen LogP) is -1.21. The zero-order valence-electron chi connectivity index (χ0n) is 8.06. The van der Waals surface area contributed by atoms with Crippen LogP contribution in [0.3, 0.4) is 0 Å². The van der Waals surface area contributed by atoms with Gasteiger partial charge in [0.1, 0.15) is 0 Å². The van der Waals surface area contributed by atoms with E-state index in [0.29, 0.717) is 13.1 Å². The van der Waals surface area contributed by atoms with Crippen molar-refractivity contribution in [2.45, 2.75) is 25.8 Å². The van der Waals surface area contributed by atoms with Crippen LogP contribution in [-0.4, -0.2) is 38.4 Å². The number of nitrogens with zero attached hydrogens (tertiary/aromatic N) is 1. The molecule has 3 N–H and O–H groups in total. The van der Waals surface area contributed by atoms with E-state index < -0.39 is 16.3 Å². The van der Waals surface area contributed by atoms with Crippen molar-refractivity contribution in [3.63, 3.8) is 0 Å². The minimum Gasteiger partial charge on any atom is -0.341 e. The van der Waals surface area contributed by atoms with E-state index in [1.165, 1.54) is 6.92 Å². The molecule has 0 saturated carbocycles. The molecule has 0 bridgehead atoms. The zero-order valence-corrected chi connectivity index (χ0v) is 8.88. The largest absolute Gasteiger partial charge is 0.341 e. The van der Waals surface area contributed by atoms with Gasteiger partial charge in [-0.05, 0) is 19.8 Å². The standard InChI is InChI=1S/C7H15N3O3S/c1-6(9-14(8,12)13)7(11)10-4-2-3-5-10/h6,9H,2-5H2,1H3,(H2,8,12,13). The molecule has 1 atom stereocenters. The summed E-state index contributed by atoms with van der Waals surface area (Å²) >= 11 is 0. The number of amides is 1. The zero-order chi connectivity index (χ0) is 10.8. The third-order valence-corrected chi connectivity index (χ3v) is 2.81. The number of likely N-dealkylation sites (tertiary alicyclic amines) is 1. The van der Waals surface area contributed by atoms with Crippen LogP contribution < -0.4 is 9.86 Å². The predicted molar refractivity (Wildman–Crippen MR) is 51.5 cm³/mol. The second kappa shape index (κ2) is 4.24. The fourth-order valence-corrected chi connectivity index (χ4v) is 2.10. The molecule has 0 aromatic heterocycles. The van der Waals surface area contributed by atoms with Gasteiger partial charge in [-0.1, -0.05) is 0 Å². The lowest BCUT2D eigenvalue weighted by Gasteiger charge is -2.19. The summed E-state index contributed by atoms with van der Waals surface area (Å²) in [4.78, 5) is 13.2. The Hall–Kier alpha value is -0.660. The van der Waals surface area contributed by atoms with Gasteiger partial charge in [0.15, 0.2) is 0 Å². The van der Waals surface area contributed by atoms with Gasteiger partial charge in [-0.25, -0.2) is 5.14 Å². The Morgan fingerprint density at radius 2 is 1.93 bits per heavy atom. The first-order valence-electron chi connectivity index (χ1n) is 4.49. The van der Waals surface area contributed by atoms with Crippen LogP contribution in [0.5, 0.6) is 0 Å². The maximum absolute atomic E-state index is 11.6. The second-order valence-electron chi connectivity index (χ2n) is 3.42. The second-order valence-corrected chi connectivity index (χ2v) is 4.74. The maximum atomic E-state index is 11.6. The van der Waals surface area contributed by atoms with E-state index in [2.05, 4.69) is 4.72 Å². The highest BCUT2D eigenvalue weighted by Gasteiger charge is 2.24. The SMILES string of the molecule is CC(NS(N)(=O)=O)C(=O)N1CCCC1. The van der Waals surface area contributed by atoms with Crippen molar-refractivity contribution < 1.29 is 13.2 Å². The van der Waals surface area contributed by atoms with Crippen LogP contribution in [0.2, 0.25) is 0 Å². The first kappa shape index (κ1) is 11.4. The van der Waals surface area contributed by atoms with Gasteiger partial charge >= 0.3 is 0 Å². The molecule has 14 heavy (non-hydrogen) atoms. The lowest BCUT2D eigenvalue weighted by molar-refractivity contribution is -0.131. The van der Waals surface area contributed by atoms with Crippen molar-refractivity contribution in [3.05, 3.63) is 0 Å². The summed E-state index contributed by atoms with van der Waals surface area (Å²) in [6, 6.07) is -0.775. The van der Waals surface area contributed by atoms with Crippen molar-refractivity contribution in [1.82, 2.24) is 9.62 Å². The Labute approximate surface area is 83.6 Å². The molecular formula is C7H15N3O3S. The van der Waals surface area contributed by atoms with Crippen molar-refractivity contribution in [2.75, 3.05) is 13.1 Å². The van der Waals surface area contributed by atoms with Crippen LogP contribution in [0.25, 0.3) is 0 Å². The number of carbonyl (C=O) groups excluding carboxylic acids is 1. The maximum Gasteiger partial charge on any atom is 0.275 e. The first-order valence-corrected chi connectivity index (χ1v) is 6.03. The highest BCUT2D eigenvalue weighted by atomic mass is 32.2. The van der Waals surface area contributed by atoms with Gasteiger partial charge in [0, 0.05) is 13.1 Å². The van der Waals surface area contributed by atoms with Crippen LogP contribution >= 0.6 is 0 Å². The molecule has 1 aliphatic heterocycles. The smallest absolute Gasteiger partial charge is 0.275 e. The van der Waals surface area contributed by atoms with Crippen LogP contribution in [0.4, 0.5) is 0 Å². The van der Waals surface area contributed by atoms with E-state index in [0.717, 1.165) is 12.8 Å². The van der Waals surface area contributed by atoms with Gasteiger partial charge < -0.3 is 4.90 Å². The van der Waals surface area contributed by atoms with Crippen molar-refractivity contribution >= 4 is 16.1 Å². The third kappa shape index (κ3) is 3.24. The Morgan fingerprint density at radius 1 is 1.43 bits per heavy atom. The van der Waals surface area contributed by atoms with Gasteiger partial charge in [-0.2, -0.15) is 13.1 Å². The Morgan fingerprint density at radius 3 is 2.36 bits per heavy atom.